The van der Waals surface area contributed by atoms with E-state index in [1.807, 2.05) is 68.4 Å². The van der Waals surface area contributed by atoms with E-state index in [4.69, 9.17) is 9.72 Å². The van der Waals surface area contributed by atoms with Gasteiger partial charge in [0.1, 0.15) is 11.6 Å². The third kappa shape index (κ3) is 4.88. The molecule has 0 aliphatic heterocycles. The van der Waals surface area contributed by atoms with Crippen LogP contribution in [0.5, 0.6) is 5.75 Å². The average molecular weight is 490 g/mol. The van der Waals surface area contributed by atoms with E-state index in [1.54, 1.807) is 18.2 Å². The van der Waals surface area contributed by atoms with Gasteiger partial charge in [-0.3, -0.25) is 0 Å². The molecule has 0 amide bonds. The molecule has 5 rings (SSSR count). The quantitative estimate of drug-likeness (QED) is 0.184. The Kier molecular flexibility index (Phi) is 6.34. The molecule has 1 aromatic heterocycles. The highest BCUT2D eigenvalue weighted by atomic mass is 19.1. The van der Waals surface area contributed by atoms with Gasteiger partial charge in [-0.2, -0.15) is 0 Å². The van der Waals surface area contributed by atoms with Crippen LogP contribution in [0.25, 0.3) is 22.2 Å². The van der Waals surface area contributed by atoms with Gasteiger partial charge in [-0.15, -0.1) is 0 Å². The van der Waals surface area contributed by atoms with Crippen LogP contribution in [-0.2, 0) is 5.41 Å². The maximum atomic E-state index is 13.5. The molecule has 0 N–H and O–H groups in total. The van der Waals surface area contributed by atoms with Gasteiger partial charge in [0.05, 0.1) is 16.8 Å². The number of esters is 1. The number of ether oxygens (including phenoxy) is 1. The molecule has 0 aliphatic carbocycles. The van der Waals surface area contributed by atoms with Gasteiger partial charge in [-0.05, 0) is 79.1 Å². The molecule has 0 unspecified atom stereocenters. The van der Waals surface area contributed by atoms with Crippen LogP contribution in [0, 0.1) is 19.7 Å². The third-order valence-corrected chi connectivity index (χ3v) is 6.89. The molecule has 184 valence electrons. The van der Waals surface area contributed by atoms with Gasteiger partial charge < -0.3 is 4.74 Å². The number of halogens is 1. The largest absolute Gasteiger partial charge is 0.423 e. The first kappa shape index (κ1) is 24.4. The number of carbonyl (C=O) groups is 1. The number of fused-ring (bicyclic) bond motifs is 1. The number of hydrogen-bond donors (Lipinski definition) is 0. The lowest BCUT2D eigenvalue weighted by atomic mass is 9.78. The van der Waals surface area contributed by atoms with Crippen LogP contribution in [0.3, 0.4) is 0 Å². The molecule has 0 radical (unpaired) electrons. The van der Waals surface area contributed by atoms with Crippen LogP contribution < -0.4 is 4.74 Å². The Labute approximate surface area is 216 Å². The molecule has 4 heteroatoms. The second-order valence-electron chi connectivity index (χ2n) is 9.94. The topological polar surface area (TPSA) is 39.2 Å². The Bertz CT molecular complexity index is 1590. The highest BCUT2D eigenvalue weighted by Crippen LogP contribution is 2.33. The van der Waals surface area contributed by atoms with Gasteiger partial charge in [0, 0.05) is 16.4 Å². The van der Waals surface area contributed by atoms with Crippen molar-refractivity contribution in [3.8, 4) is 17.0 Å². The zero-order valence-corrected chi connectivity index (χ0v) is 21.4. The molecule has 0 fully saturated rings. The molecular weight excluding hydrogens is 461 g/mol. The van der Waals surface area contributed by atoms with Crippen molar-refractivity contribution in [3.05, 3.63) is 131 Å². The summed E-state index contributed by atoms with van der Waals surface area (Å²) in [5.41, 5.74) is 6.59. The van der Waals surface area contributed by atoms with Crippen molar-refractivity contribution in [1.82, 2.24) is 4.98 Å². The van der Waals surface area contributed by atoms with Crippen LogP contribution in [0.2, 0.25) is 0 Å². The van der Waals surface area contributed by atoms with E-state index in [0.29, 0.717) is 17.0 Å². The molecular formula is C33H28FNO2. The van der Waals surface area contributed by atoms with Gasteiger partial charge in [0.25, 0.3) is 0 Å². The number of aryl methyl sites for hydroxylation is 2. The molecule has 0 bridgehead atoms. The summed E-state index contributed by atoms with van der Waals surface area (Å²) in [6, 6.07) is 29.8. The molecule has 0 spiro atoms. The molecule has 0 aliphatic rings. The summed E-state index contributed by atoms with van der Waals surface area (Å²) >= 11 is 0. The first-order chi connectivity index (χ1) is 17.7. The third-order valence-electron chi connectivity index (χ3n) is 6.89. The highest BCUT2D eigenvalue weighted by Gasteiger charge is 2.23. The zero-order valence-electron chi connectivity index (χ0n) is 21.4. The predicted molar refractivity (Wildman–Crippen MR) is 147 cm³/mol. The Hall–Kier alpha value is -4.31. The number of hydrogen-bond acceptors (Lipinski definition) is 3. The maximum Gasteiger partial charge on any atom is 0.344 e. The van der Waals surface area contributed by atoms with Crippen LogP contribution in [0.1, 0.15) is 46.5 Å². The fraction of sp³-hybridized carbons (Fsp3) is 0.152. The Balaban J connectivity index is 1.50. The average Bonchev–Trinajstić information content (AvgIpc) is 2.89. The summed E-state index contributed by atoms with van der Waals surface area (Å²) in [6.45, 7) is 8.31. The molecule has 0 saturated carbocycles. The molecule has 4 aromatic carbocycles. The molecule has 0 atom stereocenters. The standard InChI is InChI=1S/C33H28FNO2/c1-21-18-22(2)31-28(19-21)29(20-30(35-31)23-10-14-26(34)15-11-23)32(36)37-27-16-12-25(13-17-27)33(3,4)24-8-6-5-7-9-24/h5-20H,1-4H3. The second kappa shape index (κ2) is 9.62. The van der Waals surface area contributed by atoms with Crippen molar-refractivity contribution in [2.24, 2.45) is 0 Å². The lowest BCUT2D eigenvalue weighted by molar-refractivity contribution is 0.0736. The maximum absolute atomic E-state index is 13.5. The molecule has 3 nitrogen and oxygen atoms in total. The number of nitrogens with zero attached hydrogens (tertiary/aromatic N) is 1. The van der Waals surface area contributed by atoms with E-state index in [0.717, 1.165) is 33.2 Å². The van der Waals surface area contributed by atoms with E-state index in [2.05, 4.69) is 26.0 Å². The van der Waals surface area contributed by atoms with Gasteiger partial charge in [0.15, 0.2) is 0 Å². The van der Waals surface area contributed by atoms with Crippen LogP contribution in [0.15, 0.2) is 97.1 Å². The van der Waals surface area contributed by atoms with Crippen molar-refractivity contribution in [2.45, 2.75) is 33.1 Å². The summed E-state index contributed by atoms with van der Waals surface area (Å²) in [5.74, 6) is -0.319. The van der Waals surface area contributed by atoms with Crippen molar-refractivity contribution in [2.75, 3.05) is 0 Å². The fourth-order valence-corrected chi connectivity index (χ4v) is 4.74. The zero-order chi connectivity index (χ0) is 26.2. The number of benzene rings is 4. The normalized spacial score (nSPS) is 11.5. The molecule has 0 saturated heterocycles. The monoisotopic (exact) mass is 489 g/mol. The molecule has 37 heavy (non-hydrogen) atoms. The molecule has 1 heterocycles. The van der Waals surface area contributed by atoms with Crippen molar-refractivity contribution in [3.63, 3.8) is 0 Å². The highest BCUT2D eigenvalue weighted by molar-refractivity contribution is 6.06. The van der Waals surface area contributed by atoms with E-state index < -0.39 is 5.97 Å². The Morgan fingerprint density at radius 2 is 1.46 bits per heavy atom. The lowest BCUT2D eigenvalue weighted by Crippen LogP contribution is -2.18. The fourth-order valence-electron chi connectivity index (χ4n) is 4.74. The number of carbonyl (C=O) groups excluding carboxylic acids is 1. The summed E-state index contributed by atoms with van der Waals surface area (Å²) < 4.78 is 19.4. The first-order valence-corrected chi connectivity index (χ1v) is 12.3. The minimum Gasteiger partial charge on any atom is -0.423 e. The summed E-state index contributed by atoms with van der Waals surface area (Å²) in [5, 5.41) is 0.732. The smallest absolute Gasteiger partial charge is 0.344 e. The Morgan fingerprint density at radius 3 is 2.14 bits per heavy atom. The van der Waals surface area contributed by atoms with E-state index in [9.17, 15) is 9.18 Å². The second-order valence-corrected chi connectivity index (χ2v) is 9.94. The molecule has 5 aromatic rings. The summed E-state index contributed by atoms with van der Waals surface area (Å²) in [7, 11) is 0. The first-order valence-electron chi connectivity index (χ1n) is 12.3. The van der Waals surface area contributed by atoms with E-state index >= 15 is 0 Å². The minimum absolute atomic E-state index is 0.190. The van der Waals surface area contributed by atoms with Crippen molar-refractivity contribution >= 4 is 16.9 Å². The summed E-state index contributed by atoms with van der Waals surface area (Å²) in [4.78, 5) is 18.3. The van der Waals surface area contributed by atoms with Crippen molar-refractivity contribution < 1.29 is 13.9 Å². The van der Waals surface area contributed by atoms with E-state index in [1.165, 1.54) is 17.7 Å². The van der Waals surface area contributed by atoms with Crippen LogP contribution in [-0.4, -0.2) is 11.0 Å². The Morgan fingerprint density at radius 1 is 0.811 bits per heavy atom. The van der Waals surface area contributed by atoms with Gasteiger partial charge in [-0.25, -0.2) is 14.2 Å². The van der Waals surface area contributed by atoms with Gasteiger partial charge in [-0.1, -0.05) is 67.9 Å². The van der Waals surface area contributed by atoms with Gasteiger partial charge >= 0.3 is 5.97 Å². The minimum atomic E-state index is -0.462. The summed E-state index contributed by atoms with van der Waals surface area (Å²) in [6.07, 6.45) is 0. The van der Waals surface area contributed by atoms with Gasteiger partial charge in [0.2, 0.25) is 0 Å². The number of pyridine rings is 1. The van der Waals surface area contributed by atoms with Crippen LogP contribution in [0.4, 0.5) is 4.39 Å². The van der Waals surface area contributed by atoms with Crippen molar-refractivity contribution in [1.29, 1.82) is 0 Å². The van der Waals surface area contributed by atoms with Crippen LogP contribution >= 0.6 is 0 Å². The number of rotatable bonds is 5. The van der Waals surface area contributed by atoms with E-state index in [-0.39, 0.29) is 11.2 Å². The lowest BCUT2D eigenvalue weighted by Gasteiger charge is -2.26. The predicted octanol–water partition coefficient (Wildman–Crippen LogP) is 8.20. The SMILES string of the molecule is Cc1cc(C)c2nc(-c3ccc(F)cc3)cc(C(=O)Oc3ccc(C(C)(C)c4ccccc4)cc3)c2c1. The number of aromatic nitrogens is 1.